The third kappa shape index (κ3) is 3.77. The summed E-state index contributed by atoms with van der Waals surface area (Å²) in [6.45, 7) is 0.464. The molecule has 1 aromatic rings. The Bertz CT molecular complexity index is 697. The van der Waals surface area contributed by atoms with Crippen molar-refractivity contribution in [3.8, 4) is 0 Å². The van der Waals surface area contributed by atoms with Crippen LogP contribution in [0.4, 0.5) is 16.2 Å². The van der Waals surface area contributed by atoms with Crippen molar-refractivity contribution in [2.24, 2.45) is 0 Å². The van der Waals surface area contributed by atoms with Crippen molar-refractivity contribution in [1.29, 1.82) is 0 Å². The van der Waals surface area contributed by atoms with Gasteiger partial charge >= 0.3 is 6.03 Å². The molecule has 7 heteroatoms. The molecule has 1 fully saturated rings. The van der Waals surface area contributed by atoms with E-state index in [1.807, 2.05) is 6.07 Å². The molecule has 0 atom stereocenters. The van der Waals surface area contributed by atoms with E-state index >= 15 is 0 Å². The van der Waals surface area contributed by atoms with Gasteiger partial charge in [0.15, 0.2) is 0 Å². The molecule has 1 aromatic carbocycles. The molecular weight excluding hydrogens is 314 g/mol. The average molecular weight is 337 g/mol. The fraction of sp³-hybridized carbons (Fsp3) is 0.562. The van der Waals surface area contributed by atoms with Crippen molar-refractivity contribution < 1.29 is 13.2 Å². The molecule has 0 aromatic heterocycles. The molecule has 2 N–H and O–H groups in total. The molecule has 0 radical (unpaired) electrons. The molecule has 2 aliphatic rings. The molecule has 1 aliphatic carbocycles. The molecule has 0 unspecified atom stereocenters. The Morgan fingerprint density at radius 2 is 1.96 bits per heavy atom. The molecule has 0 spiro atoms. The van der Waals surface area contributed by atoms with Crippen LogP contribution in [0.1, 0.15) is 37.7 Å². The zero-order valence-electron chi connectivity index (χ0n) is 13.3. The van der Waals surface area contributed by atoms with Crippen LogP contribution in [0.5, 0.6) is 0 Å². The highest BCUT2D eigenvalue weighted by atomic mass is 32.2. The number of nitrogens with one attached hydrogen (secondary N) is 2. The normalized spacial score (nSPS) is 18.6. The summed E-state index contributed by atoms with van der Waals surface area (Å²) in [5, 5.41) is 5.87. The summed E-state index contributed by atoms with van der Waals surface area (Å²) in [5.74, 6) is 0. The molecule has 1 aliphatic heterocycles. The third-order valence-corrected chi connectivity index (χ3v) is 5.71. The predicted octanol–water partition coefficient (Wildman–Crippen LogP) is 2.46. The number of carbonyl (C=O) groups excluding carboxylic acids is 1. The number of urea groups is 1. The van der Waals surface area contributed by atoms with Crippen molar-refractivity contribution >= 4 is 27.4 Å². The second-order valence-corrected chi connectivity index (χ2v) is 8.27. The minimum Gasteiger partial charge on any atom is -0.335 e. The van der Waals surface area contributed by atoms with Crippen LogP contribution in [-0.2, 0) is 16.4 Å². The number of hydrogen-bond acceptors (Lipinski definition) is 3. The van der Waals surface area contributed by atoms with Crippen molar-refractivity contribution in [3.63, 3.8) is 0 Å². The average Bonchev–Trinajstić information content (AvgIpc) is 2.91. The largest absolute Gasteiger partial charge is 0.335 e. The summed E-state index contributed by atoms with van der Waals surface area (Å²) in [5.41, 5.74) is 2.36. The van der Waals surface area contributed by atoms with Gasteiger partial charge in [0.2, 0.25) is 10.0 Å². The monoisotopic (exact) mass is 337 g/mol. The Labute approximate surface area is 137 Å². The number of fused-ring (bicyclic) bond motifs is 1. The van der Waals surface area contributed by atoms with E-state index in [9.17, 15) is 13.2 Å². The van der Waals surface area contributed by atoms with Crippen molar-refractivity contribution in [2.75, 3.05) is 22.4 Å². The highest BCUT2D eigenvalue weighted by Gasteiger charge is 2.26. The quantitative estimate of drug-likeness (QED) is 0.889. The van der Waals surface area contributed by atoms with Crippen molar-refractivity contribution in [2.45, 2.75) is 44.6 Å². The number of benzene rings is 1. The number of amides is 2. The second-order valence-electron chi connectivity index (χ2n) is 6.36. The Balaban J connectivity index is 1.65. The van der Waals surface area contributed by atoms with Gasteiger partial charge in [-0.1, -0.05) is 19.3 Å². The summed E-state index contributed by atoms with van der Waals surface area (Å²) in [4.78, 5) is 12.1. The number of anilines is 2. The number of sulfonamides is 1. The first-order valence-corrected chi connectivity index (χ1v) is 9.96. The van der Waals surface area contributed by atoms with Gasteiger partial charge in [-0.05, 0) is 43.0 Å². The van der Waals surface area contributed by atoms with Gasteiger partial charge in [0, 0.05) is 18.3 Å². The molecule has 1 saturated carbocycles. The van der Waals surface area contributed by atoms with Gasteiger partial charge in [-0.2, -0.15) is 0 Å². The lowest BCUT2D eigenvalue weighted by Crippen LogP contribution is -2.39. The van der Waals surface area contributed by atoms with Crippen molar-refractivity contribution in [3.05, 3.63) is 23.8 Å². The highest BCUT2D eigenvalue weighted by molar-refractivity contribution is 7.92. The molecule has 2 amide bonds. The first-order chi connectivity index (χ1) is 10.9. The molecule has 0 bridgehead atoms. The van der Waals surface area contributed by atoms with Gasteiger partial charge in [-0.3, -0.25) is 4.31 Å². The van der Waals surface area contributed by atoms with Gasteiger partial charge in [0.05, 0.1) is 11.9 Å². The third-order valence-electron chi connectivity index (χ3n) is 4.53. The van der Waals surface area contributed by atoms with Gasteiger partial charge in [0.25, 0.3) is 0 Å². The maximum absolute atomic E-state index is 12.1. The van der Waals surface area contributed by atoms with Crippen LogP contribution < -0.4 is 14.9 Å². The fourth-order valence-corrected chi connectivity index (χ4v) is 4.35. The molecule has 126 valence electrons. The first-order valence-electron chi connectivity index (χ1n) is 8.11. The Hall–Kier alpha value is -1.76. The molecule has 23 heavy (non-hydrogen) atoms. The van der Waals surface area contributed by atoms with E-state index in [0.29, 0.717) is 24.3 Å². The van der Waals surface area contributed by atoms with E-state index in [4.69, 9.17) is 0 Å². The number of nitrogens with zero attached hydrogens (tertiary/aromatic N) is 1. The lowest BCUT2D eigenvalue weighted by molar-refractivity contribution is 0.244. The Kier molecular flexibility index (Phi) is 4.48. The van der Waals surface area contributed by atoms with E-state index < -0.39 is 10.0 Å². The summed E-state index contributed by atoms with van der Waals surface area (Å²) in [6, 6.07) is 5.46. The van der Waals surface area contributed by atoms with E-state index in [1.165, 1.54) is 29.8 Å². The predicted molar refractivity (Wildman–Crippen MR) is 91.4 cm³/mol. The molecule has 6 nitrogen and oxygen atoms in total. The maximum atomic E-state index is 12.1. The molecule has 1 heterocycles. The topological polar surface area (TPSA) is 78.5 Å². The van der Waals surface area contributed by atoms with Crippen LogP contribution in [-0.4, -0.2) is 33.3 Å². The maximum Gasteiger partial charge on any atom is 0.319 e. The van der Waals surface area contributed by atoms with E-state index in [1.54, 1.807) is 12.1 Å². The highest BCUT2D eigenvalue weighted by Crippen LogP contribution is 2.32. The number of carbonyl (C=O) groups is 1. The van der Waals surface area contributed by atoms with Crippen LogP contribution >= 0.6 is 0 Å². The Morgan fingerprint density at radius 1 is 1.22 bits per heavy atom. The fourth-order valence-electron chi connectivity index (χ4n) is 3.39. The zero-order chi connectivity index (χ0) is 16.4. The Morgan fingerprint density at radius 3 is 2.65 bits per heavy atom. The van der Waals surface area contributed by atoms with E-state index in [-0.39, 0.29) is 12.1 Å². The standard InChI is InChI=1S/C16H23N3O3S/c1-23(21,22)19-10-9-12-11-14(7-8-15(12)19)18-16(20)17-13-5-3-2-4-6-13/h7-8,11,13H,2-6,9-10H2,1H3,(H2,17,18,20). The van der Waals surface area contributed by atoms with Crippen LogP contribution in [0.25, 0.3) is 0 Å². The van der Waals surface area contributed by atoms with Crippen LogP contribution in [0.15, 0.2) is 18.2 Å². The van der Waals surface area contributed by atoms with Gasteiger partial charge in [-0.15, -0.1) is 0 Å². The molecule has 3 rings (SSSR count). The van der Waals surface area contributed by atoms with Crippen LogP contribution in [0.3, 0.4) is 0 Å². The summed E-state index contributed by atoms with van der Waals surface area (Å²) >= 11 is 0. The number of hydrogen-bond donors (Lipinski definition) is 2. The van der Waals surface area contributed by atoms with Crippen molar-refractivity contribution in [1.82, 2.24) is 5.32 Å². The van der Waals surface area contributed by atoms with Crippen LogP contribution in [0, 0.1) is 0 Å². The lowest BCUT2D eigenvalue weighted by atomic mass is 9.96. The van der Waals surface area contributed by atoms with Gasteiger partial charge in [0.1, 0.15) is 0 Å². The summed E-state index contributed by atoms with van der Waals surface area (Å²) < 4.78 is 24.9. The summed E-state index contributed by atoms with van der Waals surface area (Å²) in [6.07, 6.45) is 7.56. The molecular formula is C16H23N3O3S. The van der Waals surface area contributed by atoms with Gasteiger partial charge < -0.3 is 10.6 Å². The lowest BCUT2D eigenvalue weighted by Gasteiger charge is -2.23. The number of rotatable bonds is 3. The van der Waals surface area contributed by atoms with E-state index in [0.717, 1.165) is 18.4 Å². The minimum atomic E-state index is -3.24. The molecule has 0 saturated heterocycles. The minimum absolute atomic E-state index is 0.185. The van der Waals surface area contributed by atoms with E-state index in [2.05, 4.69) is 10.6 Å². The second kappa shape index (κ2) is 6.39. The van der Waals surface area contributed by atoms with Crippen LogP contribution in [0.2, 0.25) is 0 Å². The summed E-state index contributed by atoms with van der Waals surface area (Å²) in [7, 11) is -3.24. The smallest absolute Gasteiger partial charge is 0.319 e. The first kappa shape index (κ1) is 16.1. The SMILES string of the molecule is CS(=O)(=O)N1CCc2cc(NC(=O)NC3CCCCC3)ccc21. The van der Waals surface area contributed by atoms with Gasteiger partial charge in [-0.25, -0.2) is 13.2 Å². The zero-order valence-corrected chi connectivity index (χ0v) is 14.2.